The number of hydrogen-bond donors (Lipinski definition) is 0. The maximum atomic E-state index is 14.8. The van der Waals surface area contributed by atoms with Crippen LogP contribution in [0.2, 0.25) is 0 Å². The van der Waals surface area contributed by atoms with Crippen molar-refractivity contribution in [3.63, 3.8) is 0 Å². The van der Waals surface area contributed by atoms with E-state index in [0.29, 0.717) is 17.0 Å². The maximum Gasteiger partial charge on any atom is 0.338 e. The van der Waals surface area contributed by atoms with E-state index < -0.39 is 0 Å². The van der Waals surface area contributed by atoms with Gasteiger partial charge in [0.2, 0.25) is 0 Å². The Kier molecular flexibility index (Phi) is 10.1. The highest BCUT2D eigenvalue weighted by Gasteiger charge is 2.24. The van der Waals surface area contributed by atoms with Crippen LogP contribution in [0.5, 0.6) is 0 Å². The van der Waals surface area contributed by atoms with Gasteiger partial charge in [0.1, 0.15) is 11.9 Å². The number of ether oxygens (including phenoxy) is 1. The topological polar surface area (TPSA) is 26.3 Å². The Bertz CT molecular complexity index is 1220. The molecule has 0 unspecified atom stereocenters. The zero-order valence-electron chi connectivity index (χ0n) is 22.6. The Hall–Kier alpha value is -3.46. The number of halogens is 1. The molecule has 1 saturated carbocycles. The number of allylic oxidation sites excluding steroid dienone is 2. The number of hydrogen-bond acceptors (Lipinski definition) is 2. The highest BCUT2D eigenvalue weighted by Crippen LogP contribution is 2.30. The van der Waals surface area contributed by atoms with Crippen LogP contribution in [0.25, 0.3) is 12.2 Å². The van der Waals surface area contributed by atoms with Gasteiger partial charge >= 0.3 is 5.97 Å². The van der Waals surface area contributed by atoms with Crippen molar-refractivity contribution in [2.45, 2.75) is 70.8 Å². The van der Waals surface area contributed by atoms with Gasteiger partial charge in [0.25, 0.3) is 0 Å². The highest BCUT2D eigenvalue weighted by atomic mass is 19.1. The lowest BCUT2D eigenvalue weighted by atomic mass is 9.84. The maximum absolute atomic E-state index is 14.8. The predicted octanol–water partition coefficient (Wildman–Crippen LogP) is 9.41. The van der Waals surface area contributed by atoms with E-state index in [0.717, 1.165) is 55.6 Å². The summed E-state index contributed by atoms with van der Waals surface area (Å²) in [6.07, 6.45) is 15.3. The Morgan fingerprint density at radius 1 is 0.974 bits per heavy atom. The average molecular weight is 511 g/mol. The largest absolute Gasteiger partial charge is 0.459 e. The van der Waals surface area contributed by atoms with E-state index in [2.05, 4.69) is 38.1 Å². The number of rotatable bonds is 10. The van der Waals surface area contributed by atoms with Gasteiger partial charge in [-0.25, -0.2) is 9.18 Å². The van der Waals surface area contributed by atoms with Crippen LogP contribution in [0.3, 0.4) is 0 Å². The van der Waals surface area contributed by atoms with Crippen LogP contribution in [0.4, 0.5) is 4.39 Å². The van der Waals surface area contributed by atoms with Gasteiger partial charge in [-0.2, -0.15) is 0 Å². The molecule has 1 fully saturated rings. The van der Waals surface area contributed by atoms with Crippen molar-refractivity contribution in [1.82, 2.24) is 0 Å². The summed E-state index contributed by atoms with van der Waals surface area (Å²) in [6, 6.07) is 23.1. The van der Waals surface area contributed by atoms with Crippen molar-refractivity contribution in [1.29, 1.82) is 0 Å². The van der Waals surface area contributed by atoms with E-state index in [1.54, 1.807) is 24.3 Å². The van der Waals surface area contributed by atoms with E-state index in [-0.39, 0.29) is 17.9 Å². The zero-order chi connectivity index (χ0) is 26.7. The number of esters is 1. The molecule has 0 aromatic heterocycles. The lowest BCUT2D eigenvalue weighted by Crippen LogP contribution is -2.24. The lowest BCUT2D eigenvalue weighted by Gasteiger charge is -2.28. The van der Waals surface area contributed by atoms with Gasteiger partial charge in [-0.1, -0.05) is 85.8 Å². The van der Waals surface area contributed by atoms with Crippen LogP contribution >= 0.6 is 0 Å². The molecule has 0 saturated heterocycles. The fraction of sp³-hybridized carbons (Fsp3) is 0.343. The second kappa shape index (κ2) is 13.9. The third kappa shape index (κ3) is 8.02. The van der Waals surface area contributed by atoms with E-state index in [9.17, 15) is 9.18 Å². The summed E-state index contributed by atoms with van der Waals surface area (Å²) in [7, 11) is 0. The van der Waals surface area contributed by atoms with Gasteiger partial charge in [-0.15, -0.1) is 0 Å². The Labute approximate surface area is 227 Å². The predicted molar refractivity (Wildman–Crippen MR) is 156 cm³/mol. The van der Waals surface area contributed by atoms with Crippen LogP contribution in [0, 0.1) is 11.7 Å². The van der Waals surface area contributed by atoms with Crippen molar-refractivity contribution >= 4 is 18.1 Å². The third-order valence-electron chi connectivity index (χ3n) is 7.62. The molecular weight excluding hydrogens is 471 g/mol. The van der Waals surface area contributed by atoms with Crippen molar-refractivity contribution in [3.05, 3.63) is 119 Å². The summed E-state index contributed by atoms with van der Waals surface area (Å²) in [5.74, 6) is 0.580. The molecule has 198 valence electrons. The lowest BCUT2D eigenvalue weighted by molar-refractivity contribution is 0.0162. The smallest absolute Gasteiger partial charge is 0.338 e. The van der Waals surface area contributed by atoms with Gasteiger partial charge in [-0.3, -0.25) is 0 Å². The molecule has 0 amide bonds. The van der Waals surface area contributed by atoms with Gasteiger partial charge < -0.3 is 4.74 Å². The first-order valence-corrected chi connectivity index (χ1v) is 14.0. The standard InChI is InChI=1S/C35H39FO2/c1-3-4-6-9-27-16-22-33(23-17-27)38-35(37)32-20-13-28(14-21-32)12-18-31-19-15-29(25-34(31)36)24-26(2)30-10-7-5-8-11-30/h3-5,7-8,10-15,18-21,25-27,33H,6,9,16-17,22-24H2,1-2H3/b4-3+,18-12?/t26-,27?,33?/m0/s1. The molecule has 1 aliphatic carbocycles. The van der Waals surface area contributed by atoms with Crippen molar-refractivity contribution in [3.8, 4) is 0 Å². The summed E-state index contributed by atoms with van der Waals surface area (Å²) in [5, 5.41) is 0. The summed E-state index contributed by atoms with van der Waals surface area (Å²) < 4.78 is 20.6. The first-order chi connectivity index (χ1) is 18.5. The molecule has 0 N–H and O–H groups in total. The zero-order valence-corrected chi connectivity index (χ0v) is 22.6. The van der Waals surface area contributed by atoms with E-state index >= 15 is 0 Å². The van der Waals surface area contributed by atoms with Gasteiger partial charge in [0, 0.05) is 5.56 Å². The Balaban J connectivity index is 1.27. The fourth-order valence-corrected chi connectivity index (χ4v) is 5.26. The van der Waals surface area contributed by atoms with Gasteiger partial charge in [-0.05, 0) is 98.6 Å². The molecule has 3 heteroatoms. The molecule has 4 rings (SSSR count). The molecule has 0 radical (unpaired) electrons. The van der Waals surface area contributed by atoms with Crippen LogP contribution in [-0.2, 0) is 11.2 Å². The van der Waals surface area contributed by atoms with E-state index in [1.807, 2.05) is 48.5 Å². The first kappa shape index (κ1) is 27.6. The van der Waals surface area contributed by atoms with E-state index in [1.165, 1.54) is 12.0 Å². The highest BCUT2D eigenvalue weighted by molar-refractivity contribution is 5.90. The van der Waals surface area contributed by atoms with Crippen LogP contribution in [0.1, 0.15) is 90.9 Å². The summed E-state index contributed by atoms with van der Waals surface area (Å²) >= 11 is 0. The SMILES string of the molecule is C/C=C/CCC1CCC(OC(=O)c2ccc(C=Cc3ccc(C[C@H](C)c4ccccc4)cc3F)cc2)CC1. The second-order valence-electron chi connectivity index (χ2n) is 10.5. The minimum Gasteiger partial charge on any atom is -0.459 e. The average Bonchev–Trinajstić information content (AvgIpc) is 2.94. The Morgan fingerprint density at radius 2 is 1.71 bits per heavy atom. The molecule has 0 heterocycles. The van der Waals surface area contributed by atoms with Crippen LogP contribution < -0.4 is 0 Å². The van der Waals surface area contributed by atoms with Crippen molar-refractivity contribution in [2.75, 3.05) is 0 Å². The third-order valence-corrected chi connectivity index (χ3v) is 7.62. The number of carbonyl (C=O) groups is 1. The normalized spacial score (nSPS) is 18.6. The summed E-state index contributed by atoms with van der Waals surface area (Å²) in [4.78, 5) is 12.6. The van der Waals surface area contributed by atoms with Crippen LogP contribution in [0.15, 0.2) is 84.9 Å². The molecule has 1 atom stereocenters. The quantitative estimate of drug-likeness (QED) is 0.154. The first-order valence-electron chi connectivity index (χ1n) is 14.0. The molecule has 2 nitrogen and oxygen atoms in total. The van der Waals surface area contributed by atoms with Gasteiger partial charge in [0.15, 0.2) is 0 Å². The number of benzene rings is 3. The molecule has 3 aromatic carbocycles. The molecule has 38 heavy (non-hydrogen) atoms. The van der Waals surface area contributed by atoms with Gasteiger partial charge in [0.05, 0.1) is 5.56 Å². The fourth-order valence-electron chi connectivity index (χ4n) is 5.26. The molecule has 1 aliphatic rings. The second-order valence-corrected chi connectivity index (χ2v) is 10.5. The van der Waals surface area contributed by atoms with Crippen LogP contribution in [-0.4, -0.2) is 12.1 Å². The number of carbonyl (C=O) groups excluding carboxylic acids is 1. The summed E-state index contributed by atoms with van der Waals surface area (Å²) in [5.41, 5.74) is 4.25. The molecule has 3 aromatic rings. The Morgan fingerprint density at radius 3 is 2.39 bits per heavy atom. The minimum absolute atomic E-state index is 0.0154. The summed E-state index contributed by atoms with van der Waals surface area (Å²) in [6.45, 7) is 4.23. The van der Waals surface area contributed by atoms with Crippen molar-refractivity contribution in [2.24, 2.45) is 5.92 Å². The minimum atomic E-state index is -0.260. The van der Waals surface area contributed by atoms with E-state index in [4.69, 9.17) is 4.74 Å². The molecule has 0 aliphatic heterocycles. The molecule has 0 bridgehead atoms. The molecule has 0 spiro atoms. The monoisotopic (exact) mass is 510 g/mol. The molecular formula is C35H39FO2. The van der Waals surface area contributed by atoms with Crippen molar-refractivity contribution < 1.29 is 13.9 Å².